The van der Waals surface area contributed by atoms with Crippen molar-refractivity contribution < 1.29 is 9.94 Å². The van der Waals surface area contributed by atoms with Gasteiger partial charge in [0.05, 0.1) is 4.47 Å². The van der Waals surface area contributed by atoms with Crippen LogP contribution in [0, 0.1) is 6.92 Å². The number of nitrogens with zero attached hydrogens (tertiary/aromatic N) is 1. The van der Waals surface area contributed by atoms with Crippen molar-refractivity contribution in [2.24, 2.45) is 10.9 Å². The Bertz CT molecular complexity index is 672. The minimum Gasteiger partial charge on any atom is -0.456 e. The Balaban J connectivity index is 2.30. The highest BCUT2D eigenvalue weighted by atomic mass is 79.9. The van der Waals surface area contributed by atoms with Crippen molar-refractivity contribution in [3.63, 3.8) is 0 Å². The molecule has 0 saturated heterocycles. The molecule has 6 heteroatoms. The quantitative estimate of drug-likeness (QED) is 0.347. The summed E-state index contributed by atoms with van der Waals surface area (Å²) in [5.41, 5.74) is 7.17. The zero-order valence-corrected chi connectivity index (χ0v) is 13.8. The van der Waals surface area contributed by atoms with Gasteiger partial charge in [-0.2, -0.15) is 0 Å². The van der Waals surface area contributed by atoms with Gasteiger partial charge in [-0.15, -0.1) is 0 Å². The lowest BCUT2D eigenvalue weighted by atomic mass is 10.2. The Morgan fingerprint density at radius 1 is 1.15 bits per heavy atom. The third-order valence-electron chi connectivity index (χ3n) is 2.69. The summed E-state index contributed by atoms with van der Waals surface area (Å²) in [6.07, 6.45) is 0. The summed E-state index contributed by atoms with van der Waals surface area (Å²) >= 11 is 6.83. The molecule has 0 aliphatic rings. The molecular formula is C14H12Br2N2O2. The summed E-state index contributed by atoms with van der Waals surface area (Å²) in [6.45, 7) is 1.97. The summed E-state index contributed by atoms with van der Waals surface area (Å²) in [5.74, 6) is 1.48. The molecule has 0 unspecified atom stereocenters. The highest BCUT2D eigenvalue weighted by Crippen LogP contribution is 2.33. The number of oxime groups is 1. The van der Waals surface area contributed by atoms with Gasteiger partial charge in [0.25, 0.3) is 0 Å². The van der Waals surface area contributed by atoms with E-state index in [9.17, 15) is 0 Å². The molecule has 3 N–H and O–H groups in total. The Kier molecular flexibility index (Phi) is 4.67. The van der Waals surface area contributed by atoms with Crippen molar-refractivity contribution in [1.29, 1.82) is 0 Å². The van der Waals surface area contributed by atoms with Crippen LogP contribution in [0.15, 0.2) is 50.5 Å². The van der Waals surface area contributed by atoms with Gasteiger partial charge in [0, 0.05) is 10.0 Å². The van der Waals surface area contributed by atoms with E-state index >= 15 is 0 Å². The fraction of sp³-hybridized carbons (Fsp3) is 0.0714. The molecular weight excluding hydrogens is 388 g/mol. The molecule has 0 amide bonds. The molecule has 0 heterocycles. The van der Waals surface area contributed by atoms with Gasteiger partial charge < -0.3 is 15.7 Å². The fourth-order valence-corrected chi connectivity index (χ4v) is 2.58. The van der Waals surface area contributed by atoms with Gasteiger partial charge >= 0.3 is 0 Å². The van der Waals surface area contributed by atoms with Gasteiger partial charge in [-0.1, -0.05) is 21.1 Å². The highest BCUT2D eigenvalue weighted by Gasteiger charge is 2.08. The SMILES string of the molecule is Cc1cc(Br)ccc1Oc1ccc(/C(N)=N/O)cc1Br. The van der Waals surface area contributed by atoms with E-state index in [4.69, 9.17) is 15.7 Å². The molecule has 104 valence electrons. The molecule has 0 radical (unpaired) electrons. The standard InChI is InChI=1S/C14H12Br2N2O2/c1-8-6-10(15)3-5-12(8)20-13-4-2-9(7-11(13)16)14(17)18-19/h2-7,19H,1H3,(H2,17,18). The second kappa shape index (κ2) is 6.28. The summed E-state index contributed by atoms with van der Waals surface area (Å²) in [4.78, 5) is 0. The third kappa shape index (κ3) is 3.32. The van der Waals surface area contributed by atoms with Crippen LogP contribution in [-0.2, 0) is 0 Å². The van der Waals surface area contributed by atoms with E-state index in [2.05, 4.69) is 37.0 Å². The van der Waals surface area contributed by atoms with Crippen LogP contribution in [-0.4, -0.2) is 11.0 Å². The number of ether oxygens (including phenoxy) is 1. The number of amidine groups is 1. The van der Waals surface area contributed by atoms with Gasteiger partial charge in [0.15, 0.2) is 5.84 Å². The molecule has 0 fully saturated rings. The number of halogens is 2. The van der Waals surface area contributed by atoms with E-state index in [1.165, 1.54) is 0 Å². The maximum Gasteiger partial charge on any atom is 0.170 e. The Hall–Kier alpha value is -1.53. The summed E-state index contributed by atoms with van der Waals surface area (Å²) in [5, 5.41) is 11.6. The van der Waals surface area contributed by atoms with Gasteiger partial charge in [0.2, 0.25) is 0 Å². The predicted molar refractivity (Wildman–Crippen MR) is 85.6 cm³/mol. The summed E-state index contributed by atoms with van der Waals surface area (Å²) in [7, 11) is 0. The third-order valence-corrected chi connectivity index (χ3v) is 3.81. The van der Waals surface area contributed by atoms with Crippen molar-refractivity contribution in [3.8, 4) is 11.5 Å². The zero-order chi connectivity index (χ0) is 14.7. The first-order valence-electron chi connectivity index (χ1n) is 5.72. The van der Waals surface area contributed by atoms with Crippen molar-refractivity contribution >= 4 is 37.7 Å². The van der Waals surface area contributed by atoms with Crippen LogP contribution >= 0.6 is 31.9 Å². The topological polar surface area (TPSA) is 67.8 Å². The maximum atomic E-state index is 8.66. The average molecular weight is 400 g/mol. The minimum atomic E-state index is 0.0528. The lowest BCUT2D eigenvalue weighted by Gasteiger charge is -2.11. The van der Waals surface area contributed by atoms with Crippen LogP contribution in [0.1, 0.15) is 11.1 Å². The molecule has 2 aromatic carbocycles. The smallest absolute Gasteiger partial charge is 0.170 e. The Morgan fingerprint density at radius 2 is 1.85 bits per heavy atom. The van der Waals surface area contributed by atoms with E-state index in [0.717, 1.165) is 20.3 Å². The van der Waals surface area contributed by atoms with Crippen LogP contribution in [0.2, 0.25) is 0 Å². The molecule has 0 atom stereocenters. The van der Waals surface area contributed by atoms with Crippen LogP contribution in [0.3, 0.4) is 0 Å². The van der Waals surface area contributed by atoms with Crippen molar-refractivity contribution in [2.45, 2.75) is 6.92 Å². The monoisotopic (exact) mass is 398 g/mol. The largest absolute Gasteiger partial charge is 0.456 e. The molecule has 0 aromatic heterocycles. The second-order valence-electron chi connectivity index (χ2n) is 4.14. The Morgan fingerprint density at radius 3 is 2.45 bits per heavy atom. The molecule has 2 aromatic rings. The van der Waals surface area contributed by atoms with E-state index in [0.29, 0.717) is 11.3 Å². The van der Waals surface area contributed by atoms with Crippen LogP contribution in [0.4, 0.5) is 0 Å². The molecule has 0 saturated carbocycles. The normalized spacial score (nSPS) is 11.4. The Labute approximate surface area is 133 Å². The molecule has 0 aliphatic heterocycles. The van der Waals surface area contributed by atoms with Gasteiger partial charge in [-0.3, -0.25) is 0 Å². The number of hydrogen-bond acceptors (Lipinski definition) is 3. The second-order valence-corrected chi connectivity index (χ2v) is 5.91. The molecule has 20 heavy (non-hydrogen) atoms. The zero-order valence-electron chi connectivity index (χ0n) is 10.6. The first-order chi connectivity index (χ1) is 9.51. The van der Waals surface area contributed by atoms with Gasteiger partial charge in [-0.05, 0) is 64.8 Å². The van der Waals surface area contributed by atoms with E-state index < -0.39 is 0 Å². The van der Waals surface area contributed by atoms with Gasteiger partial charge in [0.1, 0.15) is 11.5 Å². The van der Waals surface area contributed by atoms with Crippen LogP contribution in [0.25, 0.3) is 0 Å². The number of hydrogen-bond donors (Lipinski definition) is 2. The fourth-order valence-electron chi connectivity index (χ4n) is 1.65. The van der Waals surface area contributed by atoms with Crippen molar-refractivity contribution in [2.75, 3.05) is 0 Å². The molecule has 2 rings (SSSR count). The number of aryl methyl sites for hydroxylation is 1. The number of benzene rings is 2. The molecule has 0 spiro atoms. The molecule has 0 bridgehead atoms. The van der Waals surface area contributed by atoms with E-state index in [1.807, 2.05) is 25.1 Å². The van der Waals surface area contributed by atoms with Crippen LogP contribution < -0.4 is 10.5 Å². The molecule has 4 nitrogen and oxygen atoms in total. The minimum absolute atomic E-state index is 0.0528. The first-order valence-corrected chi connectivity index (χ1v) is 7.31. The van der Waals surface area contributed by atoms with Crippen molar-refractivity contribution in [3.05, 3.63) is 56.5 Å². The first kappa shape index (κ1) is 14.9. The lowest BCUT2D eigenvalue weighted by molar-refractivity contribution is 0.318. The highest BCUT2D eigenvalue weighted by molar-refractivity contribution is 9.10. The number of nitrogens with two attached hydrogens (primary N) is 1. The van der Waals surface area contributed by atoms with Crippen molar-refractivity contribution in [1.82, 2.24) is 0 Å². The molecule has 0 aliphatic carbocycles. The average Bonchev–Trinajstić information content (AvgIpc) is 2.42. The van der Waals surface area contributed by atoms with E-state index in [1.54, 1.807) is 18.2 Å². The van der Waals surface area contributed by atoms with Gasteiger partial charge in [-0.25, -0.2) is 0 Å². The predicted octanol–water partition coefficient (Wildman–Crippen LogP) is 4.41. The summed E-state index contributed by atoms with van der Waals surface area (Å²) < 4.78 is 7.58. The van der Waals surface area contributed by atoms with E-state index in [-0.39, 0.29) is 5.84 Å². The lowest BCUT2D eigenvalue weighted by Crippen LogP contribution is -2.12. The van der Waals surface area contributed by atoms with Crippen LogP contribution in [0.5, 0.6) is 11.5 Å². The maximum absolute atomic E-state index is 8.66. The summed E-state index contributed by atoms with van der Waals surface area (Å²) in [6, 6.07) is 11.0. The number of rotatable bonds is 3.